The molecule has 5 heteroatoms. The van der Waals surface area contributed by atoms with E-state index in [0.29, 0.717) is 16.8 Å². The first-order valence-electron chi connectivity index (χ1n) is 6.99. The Balaban J connectivity index is 1.87. The second-order valence-corrected chi connectivity index (χ2v) is 5.60. The number of halogens is 2. The van der Waals surface area contributed by atoms with Crippen LogP contribution in [0, 0.1) is 5.82 Å². The second-order valence-electron chi connectivity index (χ2n) is 5.20. The summed E-state index contributed by atoms with van der Waals surface area (Å²) in [6.45, 7) is 0. The Labute approximate surface area is 122 Å². The van der Waals surface area contributed by atoms with Crippen LogP contribution < -0.4 is 5.32 Å². The molecule has 0 atom stereocenters. The van der Waals surface area contributed by atoms with Gasteiger partial charge in [0.15, 0.2) is 0 Å². The summed E-state index contributed by atoms with van der Waals surface area (Å²) in [5.41, 5.74) is 0.613. The van der Waals surface area contributed by atoms with Crippen LogP contribution in [0.3, 0.4) is 0 Å². The van der Waals surface area contributed by atoms with Gasteiger partial charge in [0, 0.05) is 18.4 Å². The SMILES string of the molecule is Fc1ccc(Cl)c(-n2ccnc2NC2CCCCC2)c1. The predicted molar refractivity (Wildman–Crippen MR) is 79.0 cm³/mol. The number of imidazole rings is 1. The summed E-state index contributed by atoms with van der Waals surface area (Å²) in [6, 6.07) is 4.79. The van der Waals surface area contributed by atoms with E-state index in [1.54, 1.807) is 23.0 Å². The molecule has 0 bridgehead atoms. The van der Waals surface area contributed by atoms with E-state index in [0.717, 1.165) is 18.8 Å². The van der Waals surface area contributed by atoms with Crippen LogP contribution in [0.5, 0.6) is 0 Å². The number of nitrogens with one attached hydrogen (secondary N) is 1. The smallest absolute Gasteiger partial charge is 0.207 e. The van der Waals surface area contributed by atoms with E-state index in [-0.39, 0.29) is 5.82 Å². The molecule has 1 fully saturated rings. The van der Waals surface area contributed by atoms with Crippen LogP contribution in [0.4, 0.5) is 10.3 Å². The Kier molecular flexibility index (Phi) is 3.92. The molecule has 1 aromatic carbocycles. The first-order chi connectivity index (χ1) is 9.74. The highest BCUT2D eigenvalue weighted by molar-refractivity contribution is 6.32. The van der Waals surface area contributed by atoms with E-state index >= 15 is 0 Å². The first-order valence-corrected chi connectivity index (χ1v) is 7.37. The summed E-state index contributed by atoms with van der Waals surface area (Å²) in [4.78, 5) is 4.33. The third-order valence-corrected chi connectivity index (χ3v) is 4.07. The summed E-state index contributed by atoms with van der Waals surface area (Å²) in [6.07, 6.45) is 9.62. The molecule has 2 aromatic rings. The van der Waals surface area contributed by atoms with Gasteiger partial charge in [0.05, 0.1) is 10.7 Å². The average Bonchev–Trinajstić information content (AvgIpc) is 2.91. The van der Waals surface area contributed by atoms with Crippen molar-refractivity contribution in [1.82, 2.24) is 9.55 Å². The van der Waals surface area contributed by atoms with Gasteiger partial charge in [-0.15, -0.1) is 0 Å². The molecule has 0 unspecified atom stereocenters. The lowest BCUT2D eigenvalue weighted by Crippen LogP contribution is -2.24. The van der Waals surface area contributed by atoms with Gasteiger partial charge in [-0.25, -0.2) is 9.37 Å². The molecule has 20 heavy (non-hydrogen) atoms. The maximum absolute atomic E-state index is 13.4. The number of hydrogen-bond acceptors (Lipinski definition) is 2. The molecule has 0 saturated heterocycles. The van der Waals surface area contributed by atoms with Gasteiger partial charge in [-0.3, -0.25) is 4.57 Å². The first kappa shape index (κ1) is 13.4. The quantitative estimate of drug-likeness (QED) is 0.908. The van der Waals surface area contributed by atoms with Gasteiger partial charge in [-0.05, 0) is 31.0 Å². The lowest BCUT2D eigenvalue weighted by atomic mass is 9.96. The van der Waals surface area contributed by atoms with Crippen LogP contribution >= 0.6 is 11.6 Å². The minimum absolute atomic E-state index is 0.304. The zero-order valence-electron chi connectivity index (χ0n) is 11.1. The van der Waals surface area contributed by atoms with Crippen LogP contribution in [0.25, 0.3) is 5.69 Å². The normalized spacial score (nSPS) is 16.3. The monoisotopic (exact) mass is 293 g/mol. The van der Waals surface area contributed by atoms with Crippen LogP contribution in [0.2, 0.25) is 5.02 Å². The van der Waals surface area contributed by atoms with E-state index in [1.807, 2.05) is 0 Å². The standard InChI is InChI=1S/C15H17ClFN3/c16-13-7-6-11(17)10-14(13)20-9-8-18-15(20)19-12-4-2-1-3-5-12/h6-10,12H,1-5H2,(H,18,19). The molecule has 0 radical (unpaired) electrons. The van der Waals surface area contributed by atoms with Gasteiger partial charge in [0.2, 0.25) is 5.95 Å². The van der Waals surface area contributed by atoms with Crippen molar-refractivity contribution in [3.05, 3.63) is 41.4 Å². The highest BCUT2D eigenvalue weighted by Gasteiger charge is 2.16. The molecule has 1 N–H and O–H groups in total. The average molecular weight is 294 g/mol. The van der Waals surface area contributed by atoms with E-state index < -0.39 is 0 Å². The Morgan fingerprint density at radius 1 is 1.25 bits per heavy atom. The third kappa shape index (κ3) is 2.80. The largest absolute Gasteiger partial charge is 0.353 e. The van der Waals surface area contributed by atoms with Crippen molar-refractivity contribution < 1.29 is 4.39 Å². The predicted octanol–water partition coefficient (Wildman–Crippen LogP) is 4.41. The van der Waals surface area contributed by atoms with Crippen LogP contribution in [-0.2, 0) is 0 Å². The molecule has 1 aromatic heterocycles. The number of nitrogens with zero attached hydrogens (tertiary/aromatic N) is 2. The van der Waals surface area contributed by atoms with Crippen molar-refractivity contribution in [3.63, 3.8) is 0 Å². The molecule has 1 saturated carbocycles. The zero-order chi connectivity index (χ0) is 13.9. The molecular weight excluding hydrogens is 277 g/mol. The summed E-state index contributed by atoms with van der Waals surface area (Å²) < 4.78 is 15.2. The molecule has 0 amide bonds. The maximum atomic E-state index is 13.4. The summed E-state index contributed by atoms with van der Waals surface area (Å²) in [7, 11) is 0. The van der Waals surface area contributed by atoms with Gasteiger partial charge in [0.1, 0.15) is 5.82 Å². The number of hydrogen-bond donors (Lipinski definition) is 1. The van der Waals surface area contributed by atoms with Crippen LogP contribution in [-0.4, -0.2) is 15.6 Å². The second kappa shape index (κ2) is 5.83. The fraction of sp³-hybridized carbons (Fsp3) is 0.400. The highest BCUT2D eigenvalue weighted by Crippen LogP contribution is 2.26. The van der Waals surface area contributed by atoms with Gasteiger partial charge in [-0.1, -0.05) is 30.9 Å². The summed E-state index contributed by atoms with van der Waals surface area (Å²) in [5, 5.41) is 3.96. The highest BCUT2D eigenvalue weighted by atomic mass is 35.5. The molecule has 3 nitrogen and oxygen atoms in total. The maximum Gasteiger partial charge on any atom is 0.207 e. The molecule has 3 rings (SSSR count). The van der Waals surface area contributed by atoms with E-state index in [4.69, 9.17) is 11.6 Å². The Hall–Kier alpha value is -1.55. The molecule has 1 aliphatic rings. The molecule has 106 valence electrons. The van der Waals surface area contributed by atoms with E-state index in [1.165, 1.54) is 31.4 Å². The van der Waals surface area contributed by atoms with E-state index in [2.05, 4.69) is 10.3 Å². The third-order valence-electron chi connectivity index (χ3n) is 3.75. The van der Waals surface area contributed by atoms with Gasteiger partial charge in [0.25, 0.3) is 0 Å². The van der Waals surface area contributed by atoms with Gasteiger partial charge in [-0.2, -0.15) is 0 Å². The number of aromatic nitrogens is 2. The van der Waals surface area contributed by atoms with E-state index in [9.17, 15) is 4.39 Å². The Morgan fingerprint density at radius 3 is 2.85 bits per heavy atom. The van der Waals surface area contributed by atoms with Crippen molar-refractivity contribution in [2.24, 2.45) is 0 Å². The minimum atomic E-state index is -0.304. The number of anilines is 1. The lowest BCUT2D eigenvalue weighted by molar-refractivity contribution is 0.460. The Morgan fingerprint density at radius 2 is 2.05 bits per heavy atom. The molecule has 0 spiro atoms. The molecule has 0 aliphatic heterocycles. The summed E-state index contributed by atoms with van der Waals surface area (Å²) >= 11 is 6.16. The minimum Gasteiger partial charge on any atom is -0.353 e. The van der Waals surface area contributed by atoms with Crippen molar-refractivity contribution in [2.45, 2.75) is 38.1 Å². The van der Waals surface area contributed by atoms with Gasteiger partial charge < -0.3 is 5.32 Å². The van der Waals surface area contributed by atoms with Crippen molar-refractivity contribution in [3.8, 4) is 5.69 Å². The summed E-state index contributed by atoms with van der Waals surface area (Å²) in [5.74, 6) is 0.422. The molecule has 1 heterocycles. The van der Waals surface area contributed by atoms with Gasteiger partial charge >= 0.3 is 0 Å². The topological polar surface area (TPSA) is 29.9 Å². The van der Waals surface area contributed by atoms with Crippen molar-refractivity contribution >= 4 is 17.5 Å². The fourth-order valence-electron chi connectivity index (χ4n) is 2.70. The van der Waals surface area contributed by atoms with Crippen LogP contribution in [0.15, 0.2) is 30.6 Å². The lowest BCUT2D eigenvalue weighted by Gasteiger charge is -2.23. The molecular formula is C15H17ClFN3. The van der Waals surface area contributed by atoms with Crippen molar-refractivity contribution in [1.29, 1.82) is 0 Å². The van der Waals surface area contributed by atoms with Crippen LogP contribution in [0.1, 0.15) is 32.1 Å². The zero-order valence-corrected chi connectivity index (χ0v) is 11.9. The number of benzene rings is 1. The number of rotatable bonds is 3. The fourth-order valence-corrected chi connectivity index (χ4v) is 2.91. The van der Waals surface area contributed by atoms with Crippen molar-refractivity contribution in [2.75, 3.05) is 5.32 Å². The Bertz CT molecular complexity index is 591. The molecule has 1 aliphatic carbocycles.